The quantitative estimate of drug-likeness (QED) is 0.559. The maximum Gasteiger partial charge on any atom is 0.305 e. The van der Waals surface area contributed by atoms with E-state index in [0.717, 1.165) is 6.26 Å². The van der Waals surface area contributed by atoms with Crippen LogP contribution in [0.5, 0.6) is 0 Å². The van der Waals surface area contributed by atoms with E-state index in [-0.39, 0.29) is 30.1 Å². The fraction of sp³-hybridized carbons (Fsp3) is 0.706. The number of aromatic nitrogens is 2. The van der Waals surface area contributed by atoms with Crippen molar-refractivity contribution in [1.82, 2.24) is 9.97 Å². The van der Waals surface area contributed by atoms with E-state index in [1.165, 1.54) is 7.11 Å². The molecule has 148 valence electrons. The van der Waals surface area contributed by atoms with Gasteiger partial charge in [-0.15, -0.1) is 0 Å². The molecule has 0 unspecified atom stereocenters. The number of anilines is 1. The van der Waals surface area contributed by atoms with E-state index in [4.69, 9.17) is 4.74 Å². The minimum absolute atomic E-state index is 0.238. The number of piperidine rings is 1. The molecule has 2 fully saturated rings. The van der Waals surface area contributed by atoms with Crippen molar-refractivity contribution in [3.05, 3.63) is 11.3 Å². The van der Waals surface area contributed by atoms with Gasteiger partial charge in [-0.05, 0) is 30.6 Å². The number of methoxy groups -OCH3 is 1. The summed E-state index contributed by atoms with van der Waals surface area (Å²) in [5.74, 6) is -2.30. The number of esters is 1. The van der Waals surface area contributed by atoms with Crippen molar-refractivity contribution < 1.29 is 26.7 Å². The van der Waals surface area contributed by atoms with Gasteiger partial charge in [0.25, 0.3) is 5.92 Å². The molecule has 2 aliphatic carbocycles. The zero-order valence-electron chi connectivity index (χ0n) is 15.1. The Balaban J connectivity index is 1.65. The van der Waals surface area contributed by atoms with Crippen molar-refractivity contribution in [2.24, 2.45) is 17.8 Å². The molecule has 7 nitrogen and oxygen atoms in total. The molecular formula is C17H21F2N3O4S. The van der Waals surface area contributed by atoms with Crippen LogP contribution in [0.25, 0.3) is 0 Å². The van der Waals surface area contributed by atoms with Crippen LogP contribution < -0.4 is 4.90 Å². The van der Waals surface area contributed by atoms with Crippen LogP contribution in [0, 0.1) is 17.8 Å². The minimum Gasteiger partial charge on any atom is -0.469 e. The largest absolute Gasteiger partial charge is 0.469 e. The second-order valence-electron chi connectivity index (χ2n) is 7.66. The average molecular weight is 401 g/mol. The van der Waals surface area contributed by atoms with Gasteiger partial charge in [0.05, 0.1) is 7.11 Å². The Morgan fingerprint density at radius 2 is 1.96 bits per heavy atom. The second kappa shape index (κ2) is 6.08. The molecule has 0 bridgehead atoms. The Morgan fingerprint density at radius 3 is 2.56 bits per heavy atom. The maximum atomic E-state index is 14.4. The van der Waals surface area contributed by atoms with Crippen LogP contribution in [0.2, 0.25) is 0 Å². The molecule has 0 N–H and O–H groups in total. The van der Waals surface area contributed by atoms with E-state index in [1.54, 1.807) is 0 Å². The lowest BCUT2D eigenvalue weighted by Gasteiger charge is -2.30. The third kappa shape index (κ3) is 3.17. The summed E-state index contributed by atoms with van der Waals surface area (Å²) in [5, 5.41) is -0.551. The number of carbonyl (C=O) groups excluding carboxylic acids is 1. The number of fused-ring (bicyclic) bond motifs is 2. The Morgan fingerprint density at radius 1 is 1.30 bits per heavy atom. The van der Waals surface area contributed by atoms with Crippen LogP contribution in [0.3, 0.4) is 0 Å². The predicted octanol–water partition coefficient (Wildman–Crippen LogP) is 1.55. The summed E-state index contributed by atoms with van der Waals surface area (Å²) in [7, 11) is -2.46. The van der Waals surface area contributed by atoms with Gasteiger partial charge in [0, 0.05) is 37.8 Å². The number of nitrogens with zero attached hydrogens (tertiary/aromatic N) is 3. The summed E-state index contributed by atoms with van der Waals surface area (Å²) in [6.45, 7) is 1.15. The molecule has 1 aromatic heterocycles. The van der Waals surface area contributed by atoms with Gasteiger partial charge < -0.3 is 9.64 Å². The molecule has 27 heavy (non-hydrogen) atoms. The molecule has 0 aromatic carbocycles. The van der Waals surface area contributed by atoms with Gasteiger partial charge in [-0.25, -0.2) is 18.4 Å². The van der Waals surface area contributed by atoms with E-state index in [9.17, 15) is 22.0 Å². The zero-order valence-corrected chi connectivity index (χ0v) is 15.9. The topological polar surface area (TPSA) is 89.5 Å². The van der Waals surface area contributed by atoms with Crippen molar-refractivity contribution in [3.63, 3.8) is 0 Å². The number of sulfone groups is 1. The molecule has 3 atom stereocenters. The van der Waals surface area contributed by atoms with Crippen LogP contribution in [-0.2, 0) is 31.7 Å². The fourth-order valence-electron chi connectivity index (χ4n) is 4.42. The van der Waals surface area contributed by atoms with Crippen LogP contribution >= 0.6 is 0 Å². The molecule has 3 aliphatic rings. The van der Waals surface area contributed by atoms with Crippen LogP contribution in [-0.4, -0.2) is 50.8 Å². The van der Waals surface area contributed by atoms with Crippen LogP contribution in [0.15, 0.2) is 5.16 Å². The number of rotatable bonds is 4. The van der Waals surface area contributed by atoms with Crippen molar-refractivity contribution in [1.29, 1.82) is 0 Å². The summed E-state index contributed by atoms with van der Waals surface area (Å²) in [5.41, 5.74) is -0.102. The van der Waals surface area contributed by atoms with Crippen molar-refractivity contribution in [3.8, 4) is 0 Å². The van der Waals surface area contributed by atoms with Gasteiger partial charge in [0.1, 0.15) is 11.5 Å². The second-order valence-corrected chi connectivity index (χ2v) is 9.57. The highest BCUT2D eigenvalue weighted by Crippen LogP contribution is 2.55. The summed E-state index contributed by atoms with van der Waals surface area (Å²) in [6, 6.07) is 0. The molecule has 1 saturated heterocycles. The molecule has 4 rings (SSSR count). The number of halogens is 2. The number of hydrogen-bond acceptors (Lipinski definition) is 7. The molecule has 0 amide bonds. The molecule has 1 aromatic rings. The highest BCUT2D eigenvalue weighted by atomic mass is 32.2. The van der Waals surface area contributed by atoms with Gasteiger partial charge >= 0.3 is 5.97 Å². The first kappa shape index (κ1) is 18.5. The van der Waals surface area contributed by atoms with Gasteiger partial charge in [0.15, 0.2) is 0 Å². The molecule has 1 aliphatic heterocycles. The van der Waals surface area contributed by atoms with Crippen LogP contribution in [0.4, 0.5) is 14.6 Å². The Hall–Kier alpha value is -1.84. The molecule has 10 heteroatoms. The average Bonchev–Trinajstić information content (AvgIpc) is 3.02. The Kier molecular flexibility index (Phi) is 4.17. The normalized spacial score (nSPS) is 28.4. The van der Waals surface area contributed by atoms with Gasteiger partial charge in [-0.2, -0.15) is 8.78 Å². The Bertz CT molecular complexity index is 894. The first-order valence-corrected chi connectivity index (χ1v) is 10.8. The van der Waals surface area contributed by atoms with E-state index >= 15 is 0 Å². The maximum absolute atomic E-state index is 14.4. The lowest BCUT2D eigenvalue weighted by molar-refractivity contribution is -0.141. The molecule has 0 radical (unpaired) electrons. The summed E-state index contributed by atoms with van der Waals surface area (Å²) in [4.78, 5) is 21.2. The van der Waals surface area contributed by atoms with E-state index < -0.39 is 26.6 Å². The number of ether oxygens (including phenoxy) is 1. The number of alkyl halides is 2. The summed E-state index contributed by atoms with van der Waals surface area (Å²) in [6.07, 6.45) is 1.65. The first-order valence-electron chi connectivity index (χ1n) is 8.93. The lowest BCUT2D eigenvalue weighted by atomic mass is 9.93. The lowest BCUT2D eigenvalue weighted by Crippen LogP contribution is -2.32. The van der Waals surface area contributed by atoms with E-state index in [0.29, 0.717) is 43.7 Å². The fourth-order valence-corrected chi connectivity index (χ4v) is 4.93. The highest BCUT2D eigenvalue weighted by molar-refractivity contribution is 7.90. The summed E-state index contributed by atoms with van der Waals surface area (Å²) < 4.78 is 57.4. The monoisotopic (exact) mass is 401 g/mol. The first-order chi connectivity index (χ1) is 12.6. The highest BCUT2D eigenvalue weighted by Gasteiger charge is 2.57. The smallest absolute Gasteiger partial charge is 0.305 e. The van der Waals surface area contributed by atoms with Crippen molar-refractivity contribution >= 4 is 21.6 Å². The number of hydrogen-bond donors (Lipinski definition) is 0. The van der Waals surface area contributed by atoms with Crippen molar-refractivity contribution in [2.45, 2.75) is 36.8 Å². The van der Waals surface area contributed by atoms with Crippen molar-refractivity contribution in [2.75, 3.05) is 31.4 Å². The molecular weight excluding hydrogens is 380 g/mol. The SMILES string of the molecule is COC(=O)C[C@@H]1[C@H]2CN(c3nc(S(C)(=O)=O)nc4c3CCCC4(F)F)C[C@@H]12. The third-order valence-corrected chi connectivity index (χ3v) is 6.71. The zero-order chi connectivity index (χ0) is 19.6. The Labute approximate surface area is 156 Å². The molecule has 0 spiro atoms. The van der Waals surface area contributed by atoms with Gasteiger partial charge in [0.2, 0.25) is 15.0 Å². The third-order valence-electron chi connectivity index (χ3n) is 5.86. The minimum atomic E-state index is -3.81. The molecule has 1 saturated carbocycles. The van der Waals surface area contributed by atoms with E-state index in [2.05, 4.69) is 9.97 Å². The number of carbonyl (C=O) groups is 1. The molecule has 2 heterocycles. The predicted molar refractivity (Wildman–Crippen MR) is 91.3 cm³/mol. The van der Waals surface area contributed by atoms with Crippen LogP contribution in [0.1, 0.15) is 30.5 Å². The van der Waals surface area contributed by atoms with E-state index in [1.807, 2.05) is 4.90 Å². The standard InChI is InChI=1S/C17H21F2N3O4S/c1-26-13(23)6-10-11-7-22(8-12(10)11)15-9-4-3-5-17(18,19)14(9)20-16(21-15)27(2,24)25/h10-12H,3-8H2,1-2H3/t10-,11-,12+. The van der Waals surface area contributed by atoms with Gasteiger partial charge in [-0.3, -0.25) is 4.79 Å². The van der Waals surface area contributed by atoms with Gasteiger partial charge in [-0.1, -0.05) is 0 Å². The summed E-state index contributed by atoms with van der Waals surface area (Å²) >= 11 is 0.